The van der Waals surface area contributed by atoms with Gasteiger partial charge in [-0.1, -0.05) is 70.8 Å². The van der Waals surface area contributed by atoms with Crippen LogP contribution in [0.1, 0.15) is 90.0 Å². The first kappa shape index (κ1) is 24.0. The van der Waals surface area contributed by atoms with Crippen LogP contribution in [-0.4, -0.2) is 23.1 Å². The van der Waals surface area contributed by atoms with E-state index in [9.17, 15) is 14.7 Å². The summed E-state index contributed by atoms with van der Waals surface area (Å²) < 4.78 is 5.20. The van der Waals surface area contributed by atoms with Gasteiger partial charge in [0.15, 0.2) is 6.10 Å². The fourth-order valence-electron chi connectivity index (χ4n) is 3.22. The zero-order valence-corrected chi connectivity index (χ0v) is 17.8. The van der Waals surface area contributed by atoms with E-state index in [1.165, 1.54) is 57.9 Å². The lowest BCUT2D eigenvalue weighted by Crippen LogP contribution is -2.32. The van der Waals surface area contributed by atoms with Crippen molar-refractivity contribution in [1.82, 2.24) is 0 Å². The van der Waals surface area contributed by atoms with E-state index >= 15 is 0 Å². The summed E-state index contributed by atoms with van der Waals surface area (Å²) in [6.45, 7) is 5.42. The van der Waals surface area contributed by atoms with Gasteiger partial charge in [0.25, 0.3) is 5.91 Å². The minimum absolute atomic E-state index is 0.000498. The summed E-state index contributed by atoms with van der Waals surface area (Å²) in [7, 11) is 0. The molecule has 0 saturated heterocycles. The van der Waals surface area contributed by atoms with Crippen molar-refractivity contribution in [2.45, 2.75) is 97.5 Å². The van der Waals surface area contributed by atoms with Gasteiger partial charge in [0.2, 0.25) is 0 Å². The number of anilines is 1. The minimum atomic E-state index is -0.827. The van der Waals surface area contributed by atoms with Crippen LogP contribution in [-0.2, 0) is 14.3 Å². The molecule has 1 rings (SSSR count). The second-order valence-corrected chi connectivity index (χ2v) is 7.58. The van der Waals surface area contributed by atoms with Crippen LogP contribution in [0.4, 0.5) is 5.69 Å². The molecule has 5 nitrogen and oxygen atoms in total. The molecule has 2 N–H and O–H groups in total. The number of carbonyl (C=O) groups is 2. The van der Waals surface area contributed by atoms with E-state index in [0.717, 1.165) is 24.8 Å². The lowest BCUT2D eigenvalue weighted by molar-refractivity contribution is -0.152. The molecule has 0 fully saturated rings. The van der Waals surface area contributed by atoms with Crippen LogP contribution in [0.3, 0.4) is 0 Å². The van der Waals surface area contributed by atoms with Gasteiger partial charge in [0, 0.05) is 6.92 Å². The van der Waals surface area contributed by atoms with Gasteiger partial charge in [-0.25, -0.2) is 0 Å². The lowest BCUT2D eigenvalue weighted by Gasteiger charge is -2.17. The number of unbranched alkanes of at least 4 members (excludes halogenated alkanes) is 9. The Bertz CT molecular complexity index is 600. The van der Waals surface area contributed by atoms with Crippen LogP contribution in [0.5, 0.6) is 5.75 Å². The van der Waals surface area contributed by atoms with E-state index in [1.54, 1.807) is 12.1 Å². The molecule has 0 spiro atoms. The topological polar surface area (TPSA) is 75.6 Å². The number of hydrogen-bond acceptors (Lipinski definition) is 4. The summed E-state index contributed by atoms with van der Waals surface area (Å²) in [6, 6.07) is 4.99. The van der Waals surface area contributed by atoms with Crippen LogP contribution < -0.4 is 5.32 Å². The summed E-state index contributed by atoms with van der Waals surface area (Å²) in [5.74, 6) is -0.868. The largest absolute Gasteiger partial charge is 0.506 e. The summed E-state index contributed by atoms with van der Waals surface area (Å²) in [6.07, 6.45) is 11.7. The molecule has 158 valence electrons. The third-order valence-corrected chi connectivity index (χ3v) is 4.83. The number of benzene rings is 1. The first-order valence-electron chi connectivity index (χ1n) is 10.7. The standard InChI is InChI=1S/C23H37NO4/c1-4-5-6-7-8-9-10-11-12-13-14-22(28-19(3)25)23(27)24-20-17-18(2)15-16-21(20)26/h15-17,22,26H,4-14H2,1-3H3,(H,24,27). The molecule has 0 radical (unpaired) electrons. The number of phenols is 1. The van der Waals surface area contributed by atoms with Crippen LogP contribution in [0, 0.1) is 6.92 Å². The molecule has 0 aliphatic heterocycles. The number of nitrogens with one attached hydrogen (secondary N) is 1. The average molecular weight is 392 g/mol. The van der Waals surface area contributed by atoms with Crippen LogP contribution in [0.25, 0.3) is 0 Å². The molecule has 1 unspecified atom stereocenters. The number of hydrogen-bond donors (Lipinski definition) is 2. The van der Waals surface area contributed by atoms with Gasteiger partial charge in [-0.15, -0.1) is 0 Å². The Morgan fingerprint density at radius 1 is 1.00 bits per heavy atom. The summed E-state index contributed by atoms with van der Waals surface area (Å²) >= 11 is 0. The maximum atomic E-state index is 12.5. The van der Waals surface area contributed by atoms with Crippen LogP contribution in [0.15, 0.2) is 18.2 Å². The Balaban J connectivity index is 2.35. The number of ether oxygens (including phenoxy) is 1. The number of phenolic OH excluding ortho intramolecular Hbond substituents is 1. The maximum Gasteiger partial charge on any atom is 0.303 e. The Hall–Kier alpha value is -2.04. The van der Waals surface area contributed by atoms with Gasteiger partial charge in [0.1, 0.15) is 5.75 Å². The van der Waals surface area contributed by atoms with Crippen molar-refractivity contribution in [3.8, 4) is 5.75 Å². The molecule has 28 heavy (non-hydrogen) atoms. The fraction of sp³-hybridized carbons (Fsp3) is 0.652. The minimum Gasteiger partial charge on any atom is -0.506 e. The molecule has 0 aromatic heterocycles. The molecule has 5 heteroatoms. The highest BCUT2D eigenvalue weighted by Gasteiger charge is 2.22. The highest BCUT2D eigenvalue weighted by molar-refractivity contribution is 5.96. The summed E-state index contributed by atoms with van der Waals surface area (Å²) in [4.78, 5) is 23.9. The third kappa shape index (κ3) is 10.3. The second-order valence-electron chi connectivity index (χ2n) is 7.58. The zero-order valence-electron chi connectivity index (χ0n) is 17.8. The lowest BCUT2D eigenvalue weighted by atomic mass is 10.0. The molecular formula is C23H37NO4. The first-order chi connectivity index (χ1) is 13.4. The Morgan fingerprint density at radius 3 is 2.14 bits per heavy atom. The Labute approximate surface area is 169 Å². The van der Waals surface area contributed by atoms with Crippen molar-refractivity contribution in [3.63, 3.8) is 0 Å². The predicted octanol–water partition coefficient (Wildman–Crippen LogP) is 5.88. The number of esters is 1. The Kier molecular flexibility index (Phi) is 12.0. The molecule has 1 aromatic carbocycles. The smallest absolute Gasteiger partial charge is 0.303 e. The quantitative estimate of drug-likeness (QED) is 0.236. The monoisotopic (exact) mass is 391 g/mol. The highest BCUT2D eigenvalue weighted by Crippen LogP contribution is 2.24. The van der Waals surface area contributed by atoms with Crippen LogP contribution >= 0.6 is 0 Å². The maximum absolute atomic E-state index is 12.5. The Morgan fingerprint density at radius 2 is 1.57 bits per heavy atom. The summed E-state index contributed by atoms with van der Waals surface area (Å²) in [5.41, 5.74) is 1.26. The molecule has 0 aliphatic carbocycles. The van der Waals surface area contributed by atoms with Gasteiger partial charge in [-0.2, -0.15) is 0 Å². The zero-order chi connectivity index (χ0) is 20.8. The molecular weight excluding hydrogens is 354 g/mol. The number of aromatic hydroxyl groups is 1. The van der Waals surface area contributed by atoms with Crippen molar-refractivity contribution < 1.29 is 19.4 Å². The van der Waals surface area contributed by atoms with E-state index in [0.29, 0.717) is 12.1 Å². The van der Waals surface area contributed by atoms with Crippen LogP contribution in [0.2, 0.25) is 0 Å². The van der Waals surface area contributed by atoms with Crippen molar-refractivity contribution in [2.75, 3.05) is 5.32 Å². The molecule has 0 heterocycles. The number of carbonyl (C=O) groups excluding carboxylic acids is 2. The molecule has 0 bridgehead atoms. The van der Waals surface area contributed by atoms with E-state index in [1.807, 2.05) is 6.92 Å². The molecule has 1 atom stereocenters. The van der Waals surface area contributed by atoms with Crippen molar-refractivity contribution >= 4 is 17.6 Å². The first-order valence-corrected chi connectivity index (χ1v) is 10.7. The average Bonchev–Trinajstić information content (AvgIpc) is 2.65. The molecule has 0 aliphatic rings. The normalized spacial score (nSPS) is 11.8. The summed E-state index contributed by atoms with van der Waals surface area (Å²) in [5, 5.41) is 12.6. The SMILES string of the molecule is CCCCCCCCCCCCC(OC(C)=O)C(=O)Nc1cc(C)ccc1O. The second kappa shape index (κ2) is 14.0. The van der Waals surface area contributed by atoms with E-state index in [2.05, 4.69) is 12.2 Å². The highest BCUT2D eigenvalue weighted by atomic mass is 16.5. The molecule has 1 aromatic rings. The third-order valence-electron chi connectivity index (χ3n) is 4.83. The van der Waals surface area contributed by atoms with Gasteiger partial charge < -0.3 is 15.2 Å². The van der Waals surface area contributed by atoms with Gasteiger partial charge in [0.05, 0.1) is 5.69 Å². The van der Waals surface area contributed by atoms with E-state index in [-0.39, 0.29) is 5.75 Å². The van der Waals surface area contributed by atoms with E-state index < -0.39 is 18.0 Å². The predicted molar refractivity (Wildman–Crippen MR) is 113 cm³/mol. The van der Waals surface area contributed by atoms with E-state index in [4.69, 9.17) is 4.74 Å². The van der Waals surface area contributed by atoms with Gasteiger partial charge >= 0.3 is 5.97 Å². The van der Waals surface area contributed by atoms with Crippen molar-refractivity contribution in [1.29, 1.82) is 0 Å². The molecule has 1 amide bonds. The van der Waals surface area contributed by atoms with Crippen molar-refractivity contribution in [3.05, 3.63) is 23.8 Å². The van der Waals surface area contributed by atoms with Gasteiger partial charge in [-0.05, 0) is 37.5 Å². The molecule has 0 saturated carbocycles. The number of aryl methyl sites for hydroxylation is 1. The van der Waals surface area contributed by atoms with Crippen molar-refractivity contribution in [2.24, 2.45) is 0 Å². The number of amides is 1. The van der Waals surface area contributed by atoms with Gasteiger partial charge in [-0.3, -0.25) is 9.59 Å². The number of rotatable bonds is 14. The fourth-order valence-corrected chi connectivity index (χ4v) is 3.22.